The summed E-state index contributed by atoms with van der Waals surface area (Å²) in [5.41, 5.74) is 5.53. The maximum Gasteiger partial charge on any atom is 0.305 e. The van der Waals surface area contributed by atoms with Gasteiger partial charge in [0.05, 0.1) is 17.8 Å². The number of hydrogen-bond acceptors (Lipinski definition) is 13. The second kappa shape index (κ2) is 30.7. The minimum absolute atomic E-state index is 0.170. The van der Waals surface area contributed by atoms with E-state index in [-0.39, 0.29) is 13.0 Å². The molecule has 0 radical (unpaired) electrons. The van der Waals surface area contributed by atoms with Gasteiger partial charge in [-0.3, -0.25) is 4.79 Å². The van der Waals surface area contributed by atoms with Gasteiger partial charge in [0.2, 0.25) is 0 Å². The van der Waals surface area contributed by atoms with Crippen LogP contribution < -0.4 is 0 Å². The predicted octanol–water partition coefficient (Wildman–Crippen LogP) is 7.94. The molecular formula is C55H84O13. The molecule has 0 aromatic carbocycles. The van der Waals surface area contributed by atoms with Gasteiger partial charge < -0.3 is 59.4 Å². The second-order valence-electron chi connectivity index (χ2n) is 19.2. The van der Waals surface area contributed by atoms with Gasteiger partial charge in [-0.05, 0) is 108 Å². The lowest BCUT2D eigenvalue weighted by atomic mass is 9.96. The zero-order valence-corrected chi connectivity index (χ0v) is 42.5. The van der Waals surface area contributed by atoms with E-state index in [1.165, 1.54) is 11.1 Å². The predicted molar refractivity (Wildman–Crippen MR) is 268 cm³/mol. The summed E-state index contributed by atoms with van der Waals surface area (Å²) in [6, 6.07) is 0. The fourth-order valence-electron chi connectivity index (χ4n) is 7.16. The smallest absolute Gasteiger partial charge is 0.305 e. The number of aliphatic hydroxyl groups is 7. The van der Waals surface area contributed by atoms with Gasteiger partial charge in [-0.15, -0.1) is 0 Å². The van der Waals surface area contributed by atoms with Crippen LogP contribution in [0.2, 0.25) is 0 Å². The van der Waals surface area contributed by atoms with Gasteiger partial charge >= 0.3 is 5.97 Å². The van der Waals surface area contributed by atoms with E-state index in [0.717, 1.165) is 48.0 Å². The Balaban J connectivity index is 1.75. The van der Waals surface area contributed by atoms with Crippen molar-refractivity contribution in [2.75, 3.05) is 13.2 Å². The van der Waals surface area contributed by atoms with Gasteiger partial charge in [0.1, 0.15) is 55.4 Å². The van der Waals surface area contributed by atoms with Gasteiger partial charge in [-0.1, -0.05) is 138 Å². The van der Waals surface area contributed by atoms with Crippen molar-refractivity contribution in [2.45, 2.75) is 194 Å². The number of esters is 1. The molecule has 2 heterocycles. The van der Waals surface area contributed by atoms with E-state index >= 15 is 0 Å². The maximum atomic E-state index is 11.6. The quantitative estimate of drug-likeness (QED) is 0.0326. The Morgan fingerprint density at radius 1 is 0.515 bits per heavy atom. The molecule has 13 nitrogen and oxygen atoms in total. The van der Waals surface area contributed by atoms with Gasteiger partial charge in [-0.25, -0.2) is 0 Å². The van der Waals surface area contributed by atoms with Crippen molar-refractivity contribution >= 4 is 5.97 Å². The first-order valence-electron chi connectivity index (χ1n) is 23.9. The molecule has 10 unspecified atom stereocenters. The largest absolute Gasteiger partial charge is 0.463 e. The number of ether oxygens (including phenoxy) is 5. The van der Waals surface area contributed by atoms with Crippen molar-refractivity contribution in [3.8, 4) is 0 Å². The number of allylic oxidation sites excluding steroid dienone is 22. The summed E-state index contributed by atoms with van der Waals surface area (Å²) < 4.78 is 28.3. The normalized spacial score (nSPS) is 28.1. The molecule has 68 heavy (non-hydrogen) atoms. The van der Waals surface area contributed by atoms with Crippen molar-refractivity contribution in [1.29, 1.82) is 0 Å². The first-order chi connectivity index (χ1) is 32.0. The van der Waals surface area contributed by atoms with E-state index in [1.807, 2.05) is 64.2 Å². The molecule has 382 valence electrons. The lowest BCUT2D eigenvalue weighted by Crippen LogP contribution is -2.60. The van der Waals surface area contributed by atoms with Crippen LogP contribution in [0.1, 0.15) is 121 Å². The first kappa shape index (κ1) is 60.3. The Morgan fingerprint density at radius 3 is 1.25 bits per heavy atom. The van der Waals surface area contributed by atoms with E-state index in [0.29, 0.717) is 12.8 Å². The molecule has 10 atom stereocenters. The molecule has 0 saturated carbocycles. The van der Waals surface area contributed by atoms with E-state index in [1.54, 1.807) is 6.92 Å². The van der Waals surface area contributed by atoms with E-state index in [9.17, 15) is 40.5 Å². The summed E-state index contributed by atoms with van der Waals surface area (Å²) in [5, 5.41) is 71.0. The maximum absolute atomic E-state index is 11.6. The Hall–Kier alpha value is -3.83. The van der Waals surface area contributed by atoms with Crippen LogP contribution in [-0.2, 0) is 28.5 Å². The number of hydrogen-bond donors (Lipinski definition) is 7. The van der Waals surface area contributed by atoms with Crippen molar-refractivity contribution in [3.63, 3.8) is 0 Å². The van der Waals surface area contributed by atoms with Crippen LogP contribution in [-0.4, -0.2) is 128 Å². The molecule has 0 aliphatic carbocycles. The van der Waals surface area contributed by atoms with Gasteiger partial charge in [-0.2, -0.15) is 0 Å². The number of carbonyl (C=O) groups excluding carboxylic acids is 1. The van der Waals surface area contributed by atoms with Crippen LogP contribution in [0.25, 0.3) is 0 Å². The molecule has 2 saturated heterocycles. The van der Waals surface area contributed by atoms with Crippen LogP contribution >= 0.6 is 0 Å². The number of rotatable bonds is 26. The molecule has 7 N–H and O–H groups in total. The standard InChI is InChI=1S/C55H84O13/c1-12-45(57)64-36-44-47(59)49(61)51(63)53(66-44)68-55(10,11)34-20-32-42(7)30-18-28-40(5)26-16-24-38(3)22-14-13-21-37(2)23-15-25-39(4)27-17-29-41(6)31-19-33-54(8,9)67-52-50(62)48(60)46(58)43(35-56)65-52/h13-18,21-30,43-44,46-53,56,58-63H,12,19-20,31-36H2,1-11H3. The molecule has 2 fully saturated rings. The molecule has 2 rings (SSSR count). The molecule has 0 aromatic heterocycles. The van der Waals surface area contributed by atoms with Crippen LogP contribution in [0.15, 0.2) is 131 Å². The third-order valence-corrected chi connectivity index (χ3v) is 11.5. The summed E-state index contributed by atoms with van der Waals surface area (Å²) >= 11 is 0. The van der Waals surface area contributed by atoms with Crippen LogP contribution in [0.3, 0.4) is 0 Å². The Bertz CT molecular complexity index is 1890. The summed E-state index contributed by atoms with van der Waals surface area (Å²) in [6.07, 6.45) is 24.7. The molecule has 0 amide bonds. The molecule has 0 bridgehead atoms. The fourth-order valence-corrected chi connectivity index (χ4v) is 7.16. The highest BCUT2D eigenvalue weighted by Gasteiger charge is 2.47. The first-order valence-corrected chi connectivity index (χ1v) is 23.9. The van der Waals surface area contributed by atoms with Crippen molar-refractivity contribution in [1.82, 2.24) is 0 Å². The van der Waals surface area contributed by atoms with Crippen molar-refractivity contribution in [2.24, 2.45) is 0 Å². The molecule has 0 aromatic rings. The summed E-state index contributed by atoms with van der Waals surface area (Å²) in [7, 11) is 0. The molecule has 13 heteroatoms. The number of aliphatic hydroxyl groups excluding tert-OH is 7. The topological polar surface area (TPSA) is 205 Å². The van der Waals surface area contributed by atoms with Crippen molar-refractivity contribution < 1.29 is 64.2 Å². The Kier molecular flexibility index (Phi) is 27.2. The zero-order valence-electron chi connectivity index (χ0n) is 42.5. The van der Waals surface area contributed by atoms with Crippen LogP contribution in [0.4, 0.5) is 0 Å². The minimum Gasteiger partial charge on any atom is -0.463 e. The molecule has 2 aliphatic rings. The third kappa shape index (κ3) is 23.2. The van der Waals surface area contributed by atoms with Gasteiger partial charge in [0.25, 0.3) is 0 Å². The van der Waals surface area contributed by atoms with Gasteiger partial charge in [0.15, 0.2) is 12.6 Å². The molecule has 2 aliphatic heterocycles. The molecule has 0 spiro atoms. The molecular weight excluding hydrogens is 869 g/mol. The monoisotopic (exact) mass is 953 g/mol. The summed E-state index contributed by atoms with van der Waals surface area (Å²) in [5.74, 6) is -0.455. The van der Waals surface area contributed by atoms with Crippen LogP contribution in [0.5, 0.6) is 0 Å². The highest BCUT2D eigenvalue weighted by molar-refractivity contribution is 5.68. The second-order valence-corrected chi connectivity index (χ2v) is 19.2. The lowest BCUT2D eigenvalue weighted by Gasteiger charge is -2.42. The van der Waals surface area contributed by atoms with Gasteiger partial charge in [0, 0.05) is 6.42 Å². The third-order valence-electron chi connectivity index (χ3n) is 11.5. The highest BCUT2D eigenvalue weighted by Crippen LogP contribution is 2.30. The van der Waals surface area contributed by atoms with E-state index in [2.05, 4.69) is 102 Å². The van der Waals surface area contributed by atoms with E-state index < -0.39 is 85.2 Å². The minimum atomic E-state index is -1.50. The SMILES string of the molecule is CCC(=O)OCC1OC(OC(C)(C)CCCC(C)=CC=CC(C)=CC=CC(C)=CC=CC=C(C)C=CC=C(C)C=CC=C(C)CCCC(C)(C)OC2OC(CO)C(O)C(O)C2O)C(O)C(O)C1O. The van der Waals surface area contributed by atoms with E-state index in [4.69, 9.17) is 23.7 Å². The average Bonchev–Trinajstić information content (AvgIpc) is 3.27. The zero-order chi connectivity index (χ0) is 51.0. The Morgan fingerprint density at radius 2 is 0.868 bits per heavy atom. The number of carbonyl (C=O) groups is 1. The Labute approximate surface area is 406 Å². The summed E-state index contributed by atoms with van der Waals surface area (Å²) in [6.45, 7) is 20.8. The van der Waals surface area contributed by atoms with Crippen LogP contribution in [0, 0.1) is 0 Å². The fraction of sp³-hybridized carbons (Fsp3) is 0.582. The average molecular weight is 953 g/mol. The summed E-state index contributed by atoms with van der Waals surface area (Å²) in [4.78, 5) is 11.6. The van der Waals surface area contributed by atoms with Crippen molar-refractivity contribution in [3.05, 3.63) is 131 Å². The lowest BCUT2D eigenvalue weighted by molar-refractivity contribution is -0.324. The highest BCUT2D eigenvalue weighted by atomic mass is 16.7.